The topological polar surface area (TPSA) is 55.4 Å². The lowest BCUT2D eigenvalue weighted by atomic mass is 9.47. The zero-order valence-corrected chi connectivity index (χ0v) is 22.0. The molecule has 0 radical (unpaired) electrons. The number of carbonyl (C=O) groups excluding carboxylic acids is 2. The van der Waals surface area contributed by atoms with Crippen LogP contribution in [-0.4, -0.2) is 25.0 Å². The van der Waals surface area contributed by atoms with Crippen LogP contribution in [0.25, 0.3) is 10.1 Å². The van der Waals surface area contributed by atoms with Crippen molar-refractivity contribution in [3.63, 3.8) is 0 Å². The Kier molecular flexibility index (Phi) is 10.6. The van der Waals surface area contributed by atoms with Crippen LogP contribution in [0, 0.1) is 17.3 Å². The number of esters is 1. The average Bonchev–Trinajstić information content (AvgIpc) is 3.32. The van der Waals surface area contributed by atoms with E-state index in [1.165, 1.54) is 25.3 Å². The molecule has 3 unspecified atom stereocenters. The Morgan fingerprint density at radius 3 is 2.61 bits per heavy atom. The van der Waals surface area contributed by atoms with E-state index in [9.17, 15) is 9.59 Å². The summed E-state index contributed by atoms with van der Waals surface area (Å²) in [6.07, 6.45) is 10.1. The minimum atomic E-state index is -0.121. The first-order valence-electron chi connectivity index (χ1n) is 12.3. The Balaban J connectivity index is 0.000000275. The Labute approximate surface area is 203 Å². The van der Waals surface area contributed by atoms with Crippen molar-refractivity contribution in [2.75, 3.05) is 7.11 Å². The Hall–Kier alpha value is -2.14. The quantitative estimate of drug-likeness (QED) is 0.271. The van der Waals surface area contributed by atoms with Gasteiger partial charge in [-0.2, -0.15) is 0 Å². The number of amides is 1. The summed E-state index contributed by atoms with van der Waals surface area (Å²) in [6, 6.07) is 8.44. The molecule has 1 amide bonds. The molecule has 5 heteroatoms. The van der Waals surface area contributed by atoms with E-state index >= 15 is 0 Å². The summed E-state index contributed by atoms with van der Waals surface area (Å²) in [5.41, 5.74) is 1.24. The number of hydrogen-bond acceptors (Lipinski definition) is 4. The molecule has 3 aliphatic rings. The number of unbranched alkanes of at least 4 members (excludes halogenated alkanes) is 1. The molecule has 2 bridgehead atoms. The molecular weight excluding hydrogens is 430 g/mol. The minimum Gasteiger partial charge on any atom is -0.469 e. The molecule has 182 valence electrons. The molecule has 33 heavy (non-hydrogen) atoms. The van der Waals surface area contributed by atoms with Gasteiger partial charge in [0.1, 0.15) is 0 Å². The first-order chi connectivity index (χ1) is 15.9. The number of methoxy groups -OCH3 is 1. The van der Waals surface area contributed by atoms with Crippen LogP contribution >= 0.6 is 11.3 Å². The number of benzene rings is 1. The van der Waals surface area contributed by atoms with Crippen molar-refractivity contribution < 1.29 is 14.3 Å². The van der Waals surface area contributed by atoms with Crippen molar-refractivity contribution in [1.82, 2.24) is 5.32 Å². The zero-order chi connectivity index (χ0) is 24.4. The molecule has 3 atom stereocenters. The van der Waals surface area contributed by atoms with Gasteiger partial charge in [-0.1, -0.05) is 52.0 Å². The standard InChI is InChI=1S/C18H21NOS.C8H14O2.C2H6/c1-18(2)12-6-7-15(14(18)10-12)19-17(20)13-5-3-4-11-8-9-21-16(11)13;1-3-4-5-6-7-8(9)10-2;1-2/h3-5,8-9,12,14-15H,6-7,10H2,1-2H3,(H,19,20);3-4H,5-7H2,1-2H3;1-2H3/b;4-3-;. The van der Waals surface area contributed by atoms with Crippen LogP contribution < -0.4 is 5.32 Å². The number of hydrogen-bond donors (Lipinski definition) is 1. The van der Waals surface area contributed by atoms with Gasteiger partial charge >= 0.3 is 5.97 Å². The molecule has 3 aliphatic carbocycles. The number of ether oxygens (including phenoxy) is 1. The molecule has 3 saturated carbocycles. The Bertz CT molecular complexity index is 928. The third kappa shape index (κ3) is 6.69. The van der Waals surface area contributed by atoms with E-state index in [2.05, 4.69) is 41.4 Å². The molecule has 1 aromatic heterocycles. The van der Waals surface area contributed by atoms with Gasteiger partial charge in [0.25, 0.3) is 5.91 Å². The molecule has 1 heterocycles. The molecule has 5 rings (SSSR count). The van der Waals surface area contributed by atoms with Gasteiger partial charge in [0.15, 0.2) is 0 Å². The highest BCUT2D eigenvalue weighted by Crippen LogP contribution is 2.59. The van der Waals surface area contributed by atoms with E-state index in [-0.39, 0.29) is 11.9 Å². The van der Waals surface area contributed by atoms with Crippen LogP contribution in [0.15, 0.2) is 41.8 Å². The molecule has 0 saturated heterocycles. The van der Waals surface area contributed by atoms with Gasteiger partial charge in [-0.3, -0.25) is 9.59 Å². The van der Waals surface area contributed by atoms with Crippen molar-refractivity contribution in [2.24, 2.45) is 17.3 Å². The van der Waals surface area contributed by atoms with Crippen molar-refractivity contribution >= 4 is 33.3 Å². The normalized spacial score (nSPS) is 22.3. The fraction of sp³-hybridized carbons (Fsp3) is 0.571. The lowest BCUT2D eigenvalue weighted by molar-refractivity contribution is -0.140. The monoisotopic (exact) mass is 471 g/mol. The third-order valence-electron chi connectivity index (χ3n) is 7.11. The molecule has 4 nitrogen and oxygen atoms in total. The summed E-state index contributed by atoms with van der Waals surface area (Å²) in [5, 5.41) is 6.55. The lowest BCUT2D eigenvalue weighted by Crippen LogP contribution is -2.59. The van der Waals surface area contributed by atoms with Crippen molar-refractivity contribution in [3.05, 3.63) is 47.4 Å². The van der Waals surface area contributed by atoms with E-state index < -0.39 is 0 Å². The Morgan fingerprint density at radius 1 is 1.21 bits per heavy atom. The van der Waals surface area contributed by atoms with Gasteiger partial charge in [-0.15, -0.1) is 11.3 Å². The molecular formula is C28H41NO3S. The van der Waals surface area contributed by atoms with Crippen LogP contribution in [-0.2, 0) is 9.53 Å². The fourth-order valence-electron chi connectivity index (χ4n) is 5.03. The van der Waals surface area contributed by atoms with Gasteiger partial charge < -0.3 is 10.1 Å². The summed E-state index contributed by atoms with van der Waals surface area (Å²) in [6.45, 7) is 10.7. The first-order valence-corrected chi connectivity index (χ1v) is 13.2. The van der Waals surface area contributed by atoms with Gasteiger partial charge in [0.2, 0.25) is 0 Å². The maximum absolute atomic E-state index is 12.7. The fourth-order valence-corrected chi connectivity index (χ4v) is 5.95. The average molecular weight is 472 g/mol. The third-order valence-corrected chi connectivity index (χ3v) is 8.08. The van der Waals surface area contributed by atoms with E-state index in [4.69, 9.17) is 0 Å². The summed E-state index contributed by atoms with van der Waals surface area (Å²) < 4.78 is 5.58. The summed E-state index contributed by atoms with van der Waals surface area (Å²) in [4.78, 5) is 23.2. The highest BCUT2D eigenvalue weighted by molar-refractivity contribution is 7.17. The second-order valence-corrected chi connectivity index (χ2v) is 10.1. The van der Waals surface area contributed by atoms with Crippen LogP contribution in [0.5, 0.6) is 0 Å². The molecule has 1 N–H and O–H groups in total. The van der Waals surface area contributed by atoms with Crippen molar-refractivity contribution in [3.8, 4) is 0 Å². The van der Waals surface area contributed by atoms with E-state index in [0.29, 0.717) is 23.8 Å². The van der Waals surface area contributed by atoms with Crippen LogP contribution in [0.1, 0.15) is 83.5 Å². The van der Waals surface area contributed by atoms with Gasteiger partial charge in [0.05, 0.1) is 12.7 Å². The zero-order valence-electron chi connectivity index (χ0n) is 21.1. The summed E-state index contributed by atoms with van der Waals surface area (Å²) in [7, 11) is 1.41. The maximum atomic E-state index is 12.7. The maximum Gasteiger partial charge on any atom is 0.305 e. The van der Waals surface area contributed by atoms with Crippen molar-refractivity contribution in [2.45, 2.75) is 79.2 Å². The van der Waals surface area contributed by atoms with E-state index in [0.717, 1.165) is 35.4 Å². The smallest absolute Gasteiger partial charge is 0.305 e. The van der Waals surface area contributed by atoms with Gasteiger partial charge in [-0.25, -0.2) is 0 Å². The second-order valence-electron chi connectivity index (χ2n) is 9.20. The van der Waals surface area contributed by atoms with Crippen molar-refractivity contribution in [1.29, 1.82) is 0 Å². The number of fused-ring (bicyclic) bond motifs is 3. The second kappa shape index (κ2) is 12.9. The highest BCUT2D eigenvalue weighted by Gasteiger charge is 2.54. The van der Waals surface area contributed by atoms with Gasteiger partial charge in [-0.05, 0) is 79.2 Å². The first kappa shape index (κ1) is 27.1. The minimum absolute atomic E-state index is 0.106. The molecule has 0 aliphatic heterocycles. The van der Waals surface area contributed by atoms with Crippen LogP contribution in [0.4, 0.5) is 0 Å². The SMILES string of the molecule is C/C=C\CCCC(=O)OC.CC.CC1(C)C2CCC(NC(=O)c3cccc4ccsc34)C1C2. The number of thiophene rings is 1. The number of carbonyl (C=O) groups is 2. The largest absolute Gasteiger partial charge is 0.469 e. The molecule has 3 fully saturated rings. The molecule has 2 aromatic rings. The summed E-state index contributed by atoms with van der Waals surface area (Å²) >= 11 is 1.65. The predicted molar refractivity (Wildman–Crippen MR) is 140 cm³/mol. The number of allylic oxidation sites excluding steroid dienone is 2. The number of rotatable bonds is 6. The predicted octanol–water partition coefficient (Wildman–Crippen LogP) is 7.39. The Morgan fingerprint density at radius 2 is 1.97 bits per heavy atom. The molecule has 1 aromatic carbocycles. The van der Waals surface area contributed by atoms with E-state index in [1.807, 2.05) is 45.1 Å². The number of nitrogens with one attached hydrogen (secondary N) is 1. The van der Waals surface area contributed by atoms with Gasteiger partial charge in [0, 0.05) is 17.2 Å². The summed E-state index contributed by atoms with van der Waals surface area (Å²) in [5.74, 6) is 1.51. The lowest BCUT2D eigenvalue weighted by Gasteiger charge is -2.60. The van der Waals surface area contributed by atoms with Crippen LogP contribution in [0.3, 0.4) is 0 Å². The highest BCUT2D eigenvalue weighted by atomic mass is 32.1. The van der Waals surface area contributed by atoms with Crippen LogP contribution in [0.2, 0.25) is 0 Å². The van der Waals surface area contributed by atoms with E-state index in [1.54, 1.807) is 11.3 Å². The molecule has 0 spiro atoms.